The van der Waals surface area contributed by atoms with Crippen LogP contribution in [0, 0.1) is 13.1 Å². The summed E-state index contributed by atoms with van der Waals surface area (Å²) in [4.78, 5) is 8.20. The molecule has 0 unspecified atom stereocenters. The maximum absolute atomic E-state index is 4.28. The van der Waals surface area contributed by atoms with Crippen LogP contribution in [-0.4, -0.2) is 9.97 Å². The number of aromatic nitrogens is 2. The van der Waals surface area contributed by atoms with Crippen molar-refractivity contribution in [3.8, 4) is 11.3 Å². The van der Waals surface area contributed by atoms with E-state index in [1.807, 2.05) is 37.4 Å². The predicted molar refractivity (Wildman–Crippen MR) is 51.0 cm³/mol. The summed E-state index contributed by atoms with van der Waals surface area (Å²) < 4.78 is 0. The zero-order valence-electron chi connectivity index (χ0n) is 7.36. The van der Waals surface area contributed by atoms with E-state index in [2.05, 4.69) is 16.2 Å². The summed E-state index contributed by atoms with van der Waals surface area (Å²) in [6.45, 7) is 2.02. The van der Waals surface area contributed by atoms with Crippen LogP contribution in [0.15, 0.2) is 36.7 Å². The van der Waals surface area contributed by atoms with Gasteiger partial charge >= 0.3 is 0 Å². The monoisotopic (exact) mass is 169 g/mol. The molecule has 0 spiro atoms. The van der Waals surface area contributed by atoms with Crippen LogP contribution >= 0.6 is 0 Å². The van der Waals surface area contributed by atoms with Crippen molar-refractivity contribution in [3.05, 3.63) is 48.4 Å². The lowest BCUT2D eigenvalue weighted by atomic mass is 10.2. The summed E-state index contributed by atoms with van der Waals surface area (Å²) >= 11 is 0. The lowest BCUT2D eigenvalue weighted by molar-refractivity contribution is 1.24. The van der Waals surface area contributed by atoms with E-state index in [0.717, 1.165) is 16.8 Å². The zero-order valence-corrected chi connectivity index (χ0v) is 7.36. The lowest BCUT2D eigenvalue weighted by Crippen LogP contribution is -1.84. The van der Waals surface area contributed by atoms with Crippen molar-refractivity contribution in [2.24, 2.45) is 0 Å². The van der Waals surface area contributed by atoms with E-state index in [-0.39, 0.29) is 0 Å². The highest BCUT2D eigenvalue weighted by molar-refractivity contribution is 5.56. The largest absolute Gasteiger partial charge is 0.256 e. The fourth-order valence-electron chi connectivity index (χ4n) is 1.10. The van der Waals surface area contributed by atoms with Gasteiger partial charge in [0.25, 0.3) is 0 Å². The molecule has 0 fully saturated rings. The quantitative estimate of drug-likeness (QED) is 0.654. The van der Waals surface area contributed by atoms with Crippen molar-refractivity contribution >= 4 is 0 Å². The van der Waals surface area contributed by atoms with Crippen molar-refractivity contribution in [1.82, 2.24) is 9.97 Å². The van der Waals surface area contributed by atoms with Gasteiger partial charge in [-0.3, -0.25) is 9.97 Å². The van der Waals surface area contributed by atoms with Gasteiger partial charge in [0.05, 0.1) is 11.9 Å². The molecule has 0 bridgehead atoms. The average Bonchev–Trinajstić information content (AvgIpc) is 2.20. The number of hydrogen-bond acceptors (Lipinski definition) is 2. The van der Waals surface area contributed by atoms with E-state index >= 15 is 0 Å². The van der Waals surface area contributed by atoms with Crippen LogP contribution < -0.4 is 0 Å². The second-order valence-corrected chi connectivity index (χ2v) is 2.88. The Morgan fingerprint density at radius 3 is 2.77 bits per heavy atom. The topological polar surface area (TPSA) is 25.8 Å². The highest BCUT2D eigenvalue weighted by Gasteiger charge is 1.97. The number of pyridine rings is 2. The second-order valence-electron chi connectivity index (χ2n) is 2.88. The van der Waals surface area contributed by atoms with Crippen LogP contribution in [-0.2, 0) is 0 Å². The van der Waals surface area contributed by atoms with Gasteiger partial charge in [0.15, 0.2) is 0 Å². The smallest absolute Gasteiger partial charge is 0.0987 e. The van der Waals surface area contributed by atoms with Crippen LogP contribution in [0.25, 0.3) is 11.3 Å². The predicted octanol–water partition coefficient (Wildman–Crippen LogP) is 2.25. The number of rotatable bonds is 1. The zero-order chi connectivity index (χ0) is 9.10. The Kier molecular flexibility index (Phi) is 2.04. The molecular formula is C11H9N2. The first kappa shape index (κ1) is 7.92. The van der Waals surface area contributed by atoms with E-state index in [4.69, 9.17) is 0 Å². The molecule has 2 heterocycles. The Labute approximate surface area is 77.3 Å². The third-order valence-corrected chi connectivity index (χ3v) is 1.80. The molecule has 0 aliphatic heterocycles. The summed E-state index contributed by atoms with van der Waals surface area (Å²) in [5, 5.41) is 0. The van der Waals surface area contributed by atoms with E-state index in [9.17, 15) is 0 Å². The van der Waals surface area contributed by atoms with Gasteiger partial charge in [-0.25, -0.2) is 0 Å². The van der Waals surface area contributed by atoms with Gasteiger partial charge in [-0.05, 0) is 30.7 Å². The molecule has 13 heavy (non-hydrogen) atoms. The Morgan fingerprint density at radius 2 is 2.15 bits per heavy atom. The first-order chi connectivity index (χ1) is 6.36. The molecule has 0 saturated carbocycles. The number of nitrogens with zero attached hydrogens (tertiary/aromatic N) is 2. The molecule has 0 N–H and O–H groups in total. The fourth-order valence-corrected chi connectivity index (χ4v) is 1.10. The van der Waals surface area contributed by atoms with Crippen molar-refractivity contribution in [2.75, 3.05) is 0 Å². The minimum absolute atomic E-state index is 0.915. The molecule has 0 atom stereocenters. The summed E-state index contributed by atoms with van der Waals surface area (Å²) in [6.07, 6.45) is 6.44. The molecule has 0 aliphatic carbocycles. The average molecular weight is 169 g/mol. The van der Waals surface area contributed by atoms with Crippen LogP contribution in [0.5, 0.6) is 0 Å². The molecule has 0 saturated heterocycles. The van der Waals surface area contributed by atoms with E-state index in [1.54, 1.807) is 6.20 Å². The summed E-state index contributed by atoms with van der Waals surface area (Å²) in [5.41, 5.74) is 3.01. The maximum Gasteiger partial charge on any atom is 0.0987 e. The Bertz CT molecular complexity index is 379. The number of hydrogen-bond donors (Lipinski definition) is 0. The van der Waals surface area contributed by atoms with Gasteiger partial charge in [-0.15, -0.1) is 0 Å². The molecule has 2 rings (SSSR count). The fraction of sp³-hybridized carbons (Fsp3) is 0.0909. The first-order valence-electron chi connectivity index (χ1n) is 4.12. The third-order valence-electron chi connectivity index (χ3n) is 1.80. The van der Waals surface area contributed by atoms with Gasteiger partial charge in [0, 0.05) is 18.0 Å². The van der Waals surface area contributed by atoms with Gasteiger partial charge < -0.3 is 0 Å². The molecule has 0 amide bonds. The Hall–Kier alpha value is -1.70. The molecule has 1 radical (unpaired) electrons. The second kappa shape index (κ2) is 3.35. The van der Waals surface area contributed by atoms with Gasteiger partial charge in [0.1, 0.15) is 0 Å². The maximum atomic E-state index is 4.28. The molecule has 0 aromatic carbocycles. The summed E-state index contributed by atoms with van der Waals surface area (Å²) in [5.74, 6) is 0. The summed E-state index contributed by atoms with van der Waals surface area (Å²) in [7, 11) is 0. The van der Waals surface area contributed by atoms with Crippen molar-refractivity contribution < 1.29 is 0 Å². The van der Waals surface area contributed by atoms with Gasteiger partial charge in [-0.1, -0.05) is 6.07 Å². The molecule has 63 valence electrons. The SMILES string of the molecule is Cc1ccc(-c2[c]nccc2)nc1. The van der Waals surface area contributed by atoms with Crippen molar-refractivity contribution in [2.45, 2.75) is 6.92 Å². The standard InChI is InChI=1S/C11H9N2/c1-9-4-5-11(13-7-9)10-3-2-6-12-8-10/h2-7H,1H3. The van der Waals surface area contributed by atoms with Crippen molar-refractivity contribution in [3.63, 3.8) is 0 Å². The molecule has 2 aromatic heterocycles. The van der Waals surface area contributed by atoms with E-state index in [0.29, 0.717) is 0 Å². The Balaban J connectivity index is 2.42. The van der Waals surface area contributed by atoms with Gasteiger partial charge in [-0.2, -0.15) is 0 Å². The summed E-state index contributed by atoms with van der Waals surface area (Å²) in [6, 6.07) is 7.84. The lowest BCUT2D eigenvalue weighted by Gasteiger charge is -1.98. The van der Waals surface area contributed by atoms with Gasteiger partial charge in [0.2, 0.25) is 0 Å². The van der Waals surface area contributed by atoms with Crippen molar-refractivity contribution in [1.29, 1.82) is 0 Å². The molecule has 2 aromatic rings. The van der Waals surface area contributed by atoms with Crippen LogP contribution in [0.4, 0.5) is 0 Å². The molecular weight excluding hydrogens is 160 g/mol. The highest BCUT2D eigenvalue weighted by Crippen LogP contribution is 2.13. The number of aryl methyl sites for hydroxylation is 1. The first-order valence-corrected chi connectivity index (χ1v) is 4.12. The highest BCUT2D eigenvalue weighted by atomic mass is 14.7. The molecule has 2 nitrogen and oxygen atoms in total. The van der Waals surface area contributed by atoms with E-state index < -0.39 is 0 Å². The van der Waals surface area contributed by atoms with Crippen LogP contribution in [0.3, 0.4) is 0 Å². The van der Waals surface area contributed by atoms with E-state index in [1.165, 1.54) is 0 Å². The molecule has 0 aliphatic rings. The minimum Gasteiger partial charge on any atom is -0.256 e. The van der Waals surface area contributed by atoms with Crippen LogP contribution in [0.2, 0.25) is 0 Å². The molecule has 2 heteroatoms. The minimum atomic E-state index is 0.915. The third kappa shape index (κ3) is 1.72. The van der Waals surface area contributed by atoms with Crippen LogP contribution in [0.1, 0.15) is 5.56 Å². The normalized spacial score (nSPS) is 9.92. The Morgan fingerprint density at radius 1 is 1.23 bits per heavy atom.